The van der Waals surface area contributed by atoms with Crippen molar-refractivity contribution in [3.63, 3.8) is 0 Å². The van der Waals surface area contributed by atoms with Crippen molar-refractivity contribution >= 4 is 0 Å². The zero-order chi connectivity index (χ0) is 10.1. The molecule has 0 radical (unpaired) electrons. The van der Waals surface area contributed by atoms with Gasteiger partial charge in [0.2, 0.25) is 0 Å². The average Bonchev–Trinajstić information content (AvgIpc) is 2.31. The SMILES string of the molecule is CC(C)Cn1ccnc1C(C)(C)C. The molecule has 0 aliphatic rings. The average molecular weight is 180 g/mol. The first-order valence-electron chi connectivity index (χ1n) is 4.93. The summed E-state index contributed by atoms with van der Waals surface area (Å²) >= 11 is 0. The second-order valence-electron chi connectivity index (χ2n) is 5.05. The van der Waals surface area contributed by atoms with Crippen molar-refractivity contribution in [2.24, 2.45) is 5.92 Å². The summed E-state index contributed by atoms with van der Waals surface area (Å²) in [5, 5.41) is 0. The highest BCUT2D eigenvalue weighted by Crippen LogP contribution is 2.20. The summed E-state index contributed by atoms with van der Waals surface area (Å²) in [6.45, 7) is 12.1. The molecule has 13 heavy (non-hydrogen) atoms. The Hall–Kier alpha value is -0.790. The summed E-state index contributed by atoms with van der Waals surface area (Å²) in [4.78, 5) is 4.40. The van der Waals surface area contributed by atoms with E-state index >= 15 is 0 Å². The second-order valence-corrected chi connectivity index (χ2v) is 5.05. The molecular formula is C11H20N2. The van der Waals surface area contributed by atoms with Crippen molar-refractivity contribution in [2.75, 3.05) is 0 Å². The maximum atomic E-state index is 4.40. The fourth-order valence-corrected chi connectivity index (χ4v) is 1.49. The Morgan fingerprint density at radius 3 is 2.46 bits per heavy atom. The molecule has 0 aromatic carbocycles. The Balaban J connectivity index is 2.90. The molecule has 0 aliphatic heterocycles. The molecule has 1 aromatic rings. The first-order valence-corrected chi connectivity index (χ1v) is 4.93. The summed E-state index contributed by atoms with van der Waals surface area (Å²) in [5.41, 5.74) is 0.151. The molecule has 0 fully saturated rings. The topological polar surface area (TPSA) is 17.8 Å². The van der Waals surface area contributed by atoms with E-state index in [1.807, 2.05) is 6.20 Å². The smallest absolute Gasteiger partial charge is 0.114 e. The Morgan fingerprint density at radius 1 is 1.38 bits per heavy atom. The normalized spacial score (nSPS) is 12.5. The van der Waals surface area contributed by atoms with Gasteiger partial charge in [0.25, 0.3) is 0 Å². The lowest BCUT2D eigenvalue weighted by atomic mass is 9.95. The molecule has 0 aliphatic carbocycles. The molecule has 0 saturated heterocycles. The van der Waals surface area contributed by atoms with Gasteiger partial charge in [0.1, 0.15) is 5.82 Å². The van der Waals surface area contributed by atoms with Gasteiger partial charge >= 0.3 is 0 Å². The maximum Gasteiger partial charge on any atom is 0.114 e. The predicted octanol–water partition coefficient (Wildman–Crippen LogP) is 2.84. The fourth-order valence-electron chi connectivity index (χ4n) is 1.49. The fraction of sp³-hybridized carbons (Fsp3) is 0.727. The molecule has 0 amide bonds. The van der Waals surface area contributed by atoms with Crippen LogP contribution in [0.15, 0.2) is 12.4 Å². The molecule has 1 rings (SSSR count). The summed E-state index contributed by atoms with van der Waals surface area (Å²) < 4.78 is 2.25. The monoisotopic (exact) mass is 180 g/mol. The molecule has 1 heterocycles. The molecule has 2 nitrogen and oxygen atoms in total. The predicted molar refractivity (Wildman–Crippen MR) is 55.8 cm³/mol. The summed E-state index contributed by atoms with van der Waals surface area (Å²) in [7, 11) is 0. The second kappa shape index (κ2) is 3.52. The first kappa shape index (κ1) is 10.3. The van der Waals surface area contributed by atoms with Crippen molar-refractivity contribution in [1.29, 1.82) is 0 Å². The summed E-state index contributed by atoms with van der Waals surface area (Å²) in [5.74, 6) is 1.86. The van der Waals surface area contributed by atoms with Gasteiger partial charge in [0, 0.05) is 24.4 Å². The van der Waals surface area contributed by atoms with Crippen molar-refractivity contribution in [3.05, 3.63) is 18.2 Å². The van der Waals surface area contributed by atoms with Crippen LogP contribution in [-0.4, -0.2) is 9.55 Å². The van der Waals surface area contributed by atoms with Crippen molar-refractivity contribution < 1.29 is 0 Å². The van der Waals surface area contributed by atoms with Crippen LogP contribution in [0.1, 0.15) is 40.4 Å². The van der Waals surface area contributed by atoms with E-state index in [9.17, 15) is 0 Å². The Kier molecular flexibility index (Phi) is 2.79. The van der Waals surface area contributed by atoms with Crippen LogP contribution in [0.3, 0.4) is 0 Å². The van der Waals surface area contributed by atoms with E-state index in [2.05, 4.69) is 50.4 Å². The summed E-state index contributed by atoms with van der Waals surface area (Å²) in [6, 6.07) is 0. The molecule has 0 unspecified atom stereocenters. The molecular weight excluding hydrogens is 160 g/mol. The van der Waals surface area contributed by atoms with E-state index in [1.165, 1.54) is 5.82 Å². The van der Waals surface area contributed by atoms with Gasteiger partial charge in [-0.25, -0.2) is 4.98 Å². The van der Waals surface area contributed by atoms with Crippen LogP contribution in [0.4, 0.5) is 0 Å². The lowest BCUT2D eigenvalue weighted by Crippen LogP contribution is -2.20. The molecule has 0 N–H and O–H groups in total. The van der Waals surface area contributed by atoms with E-state index < -0.39 is 0 Å². The van der Waals surface area contributed by atoms with Gasteiger partial charge in [-0.15, -0.1) is 0 Å². The van der Waals surface area contributed by atoms with Gasteiger partial charge in [-0.1, -0.05) is 34.6 Å². The first-order chi connectivity index (χ1) is 5.91. The van der Waals surface area contributed by atoms with Gasteiger partial charge in [-0.2, -0.15) is 0 Å². The lowest BCUT2D eigenvalue weighted by molar-refractivity contribution is 0.451. The van der Waals surface area contributed by atoms with Gasteiger partial charge in [-0.3, -0.25) is 0 Å². The van der Waals surface area contributed by atoms with Crippen molar-refractivity contribution in [3.8, 4) is 0 Å². The van der Waals surface area contributed by atoms with Crippen molar-refractivity contribution in [1.82, 2.24) is 9.55 Å². The van der Waals surface area contributed by atoms with Crippen LogP contribution in [0.5, 0.6) is 0 Å². The van der Waals surface area contributed by atoms with Crippen LogP contribution in [0.2, 0.25) is 0 Å². The van der Waals surface area contributed by atoms with E-state index in [0.717, 1.165) is 6.54 Å². The number of hydrogen-bond donors (Lipinski definition) is 0. The van der Waals surface area contributed by atoms with Crippen LogP contribution >= 0.6 is 0 Å². The Bertz CT molecular complexity index is 266. The number of aromatic nitrogens is 2. The quantitative estimate of drug-likeness (QED) is 0.684. The molecule has 0 bridgehead atoms. The molecule has 0 spiro atoms. The number of imidazole rings is 1. The minimum absolute atomic E-state index is 0.151. The van der Waals surface area contributed by atoms with Crippen LogP contribution in [0, 0.1) is 5.92 Å². The van der Waals surface area contributed by atoms with Gasteiger partial charge in [-0.05, 0) is 5.92 Å². The highest BCUT2D eigenvalue weighted by molar-refractivity contribution is 5.04. The highest BCUT2D eigenvalue weighted by Gasteiger charge is 2.19. The van der Waals surface area contributed by atoms with Gasteiger partial charge in [0.15, 0.2) is 0 Å². The summed E-state index contributed by atoms with van der Waals surface area (Å²) in [6.07, 6.45) is 3.96. The molecule has 0 atom stereocenters. The van der Waals surface area contributed by atoms with Crippen LogP contribution in [-0.2, 0) is 12.0 Å². The van der Waals surface area contributed by atoms with Crippen LogP contribution < -0.4 is 0 Å². The van der Waals surface area contributed by atoms with E-state index in [0.29, 0.717) is 5.92 Å². The number of rotatable bonds is 2. The van der Waals surface area contributed by atoms with Gasteiger partial charge in [0.05, 0.1) is 0 Å². The minimum atomic E-state index is 0.151. The third kappa shape index (κ3) is 2.58. The Morgan fingerprint density at radius 2 is 2.00 bits per heavy atom. The molecule has 1 aromatic heterocycles. The van der Waals surface area contributed by atoms with Gasteiger partial charge < -0.3 is 4.57 Å². The number of hydrogen-bond acceptors (Lipinski definition) is 1. The third-order valence-electron chi connectivity index (χ3n) is 1.95. The van der Waals surface area contributed by atoms with E-state index in [1.54, 1.807) is 0 Å². The minimum Gasteiger partial charge on any atom is -0.334 e. The lowest BCUT2D eigenvalue weighted by Gasteiger charge is -2.20. The molecule has 0 saturated carbocycles. The van der Waals surface area contributed by atoms with E-state index in [4.69, 9.17) is 0 Å². The zero-order valence-corrected chi connectivity index (χ0v) is 9.33. The highest BCUT2D eigenvalue weighted by atomic mass is 15.1. The standard InChI is InChI=1S/C11H20N2/c1-9(2)8-13-7-6-12-10(13)11(3,4)5/h6-7,9H,8H2,1-5H3. The molecule has 2 heteroatoms. The van der Waals surface area contributed by atoms with Crippen molar-refractivity contribution in [2.45, 2.75) is 46.6 Å². The maximum absolute atomic E-state index is 4.40. The third-order valence-corrected chi connectivity index (χ3v) is 1.95. The zero-order valence-electron chi connectivity index (χ0n) is 9.33. The van der Waals surface area contributed by atoms with Crippen LogP contribution in [0.25, 0.3) is 0 Å². The number of nitrogens with zero attached hydrogens (tertiary/aromatic N) is 2. The van der Waals surface area contributed by atoms with E-state index in [-0.39, 0.29) is 5.41 Å². The largest absolute Gasteiger partial charge is 0.334 e. The Labute approximate surface area is 81.0 Å². The molecule has 74 valence electrons.